The maximum atomic E-state index is 12.1. The first-order valence-corrected chi connectivity index (χ1v) is 6.53. The van der Waals surface area contributed by atoms with Crippen LogP contribution >= 0.6 is 11.6 Å². The molecule has 1 amide bonds. The summed E-state index contributed by atoms with van der Waals surface area (Å²) in [7, 11) is 1.72. The molecule has 0 saturated carbocycles. The number of amides is 1. The van der Waals surface area contributed by atoms with Crippen LogP contribution in [-0.2, 0) is 0 Å². The zero-order valence-corrected chi connectivity index (χ0v) is 12.0. The Morgan fingerprint density at radius 1 is 1.40 bits per heavy atom. The molecule has 6 heteroatoms. The van der Waals surface area contributed by atoms with Crippen molar-refractivity contribution in [2.45, 2.75) is 13.0 Å². The molecular formula is C14H15ClN4O. The van der Waals surface area contributed by atoms with Crippen molar-refractivity contribution in [3.05, 3.63) is 52.9 Å². The molecule has 0 fully saturated rings. The summed E-state index contributed by atoms with van der Waals surface area (Å²) in [6, 6.07) is 5.19. The third-order valence-corrected chi connectivity index (χ3v) is 3.16. The van der Waals surface area contributed by atoms with Gasteiger partial charge in [0.25, 0.3) is 5.91 Å². The van der Waals surface area contributed by atoms with Gasteiger partial charge in [-0.25, -0.2) is 4.98 Å². The number of hydrogen-bond donors (Lipinski definition) is 2. The van der Waals surface area contributed by atoms with Gasteiger partial charge >= 0.3 is 0 Å². The van der Waals surface area contributed by atoms with E-state index >= 15 is 0 Å². The van der Waals surface area contributed by atoms with E-state index in [0.717, 1.165) is 5.56 Å². The maximum Gasteiger partial charge on any atom is 0.253 e. The first-order valence-electron chi connectivity index (χ1n) is 6.16. The number of aromatic nitrogens is 2. The number of carbonyl (C=O) groups is 1. The quantitative estimate of drug-likeness (QED) is 0.908. The van der Waals surface area contributed by atoms with Gasteiger partial charge in [0, 0.05) is 25.6 Å². The summed E-state index contributed by atoms with van der Waals surface area (Å²) in [5.41, 5.74) is 1.36. The highest BCUT2D eigenvalue weighted by atomic mass is 35.5. The van der Waals surface area contributed by atoms with E-state index in [2.05, 4.69) is 20.6 Å². The number of hydrogen-bond acceptors (Lipinski definition) is 4. The van der Waals surface area contributed by atoms with Crippen LogP contribution in [0.25, 0.3) is 0 Å². The van der Waals surface area contributed by atoms with Crippen LogP contribution in [0, 0.1) is 0 Å². The molecule has 2 aromatic rings. The molecule has 5 nitrogen and oxygen atoms in total. The second-order valence-corrected chi connectivity index (χ2v) is 4.69. The first-order chi connectivity index (χ1) is 9.61. The number of anilines is 1. The van der Waals surface area contributed by atoms with Gasteiger partial charge in [-0.1, -0.05) is 17.7 Å². The fourth-order valence-corrected chi connectivity index (χ4v) is 2.00. The number of carbonyl (C=O) groups excluding carboxylic acids is 1. The molecule has 2 aromatic heterocycles. The molecule has 0 aliphatic rings. The fraction of sp³-hybridized carbons (Fsp3) is 0.214. The van der Waals surface area contributed by atoms with Crippen molar-refractivity contribution < 1.29 is 4.79 Å². The first kappa shape index (κ1) is 14.3. The van der Waals surface area contributed by atoms with Gasteiger partial charge in [-0.05, 0) is 24.6 Å². The summed E-state index contributed by atoms with van der Waals surface area (Å²) in [5.74, 6) is 0.321. The highest BCUT2D eigenvalue weighted by Crippen LogP contribution is 2.20. The Balaban J connectivity index is 2.10. The van der Waals surface area contributed by atoms with Crippen molar-refractivity contribution in [2.24, 2.45) is 0 Å². The predicted molar refractivity (Wildman–Crippen MR) is 78.9 cm³/mol. The Hall–Kier alpha value is -2.14. The van der Waals surface area contributed by atoms with Crippen molar-refractivity contribution >= 4 is 23.3 Å². The van der Waals surface area contributed by atoms with Crippen molar-refractivity contribution in [3.8, 4) is 0 Å². The zero-order chi connectivity index (χ0) is 14.5. The topological polar surface area (TPSA) is 66.9 Å². The minimum atomic E-state index is -0.224. The largest absolute Gasteiger partial charge is 0.372 e. The molecule has 0 saturated heterocycles. The number of pyridine rings is 2. The summed E-state index contributed by atoms with van der Waals surface area (Å²) in [4.78, 5) is 20.2. The Bertz CT molecular complexity index is 603. The molecule has 2 N–H and O–H groups in total. The second-order valence-electron chi connectivity index (χ2n) is 4.29. The van der Waals surface area contributed by atoms with Gasteiger partial charge in [-0.2, -0.15) is 0 Å². The maximum absolute atomic E-state index is 12.1. The van der Waals surface area contributed by atoms with E-state index in [9.17, 15) is 4.79 Å². The van der Waals surface area contributed by atoms with Crippen LogP contribution in [-0.4, -0.2) is 22.9 Å². The van der Waals surface area contributed by atoms with Crippen molar-refractivity contribution in [3.63, 3.8) is 0 Å². The lowest BCUT2D eigenvalue weighted by molar-refractivity contribution is 0.0939. The molecule has 0 radical (unpaired) electrons. The molecule has 0 aliphatic carbocycles. The van der Waals surface area contributed by atoms with Crippen LogP contribution in [0.15, 0.2) is 36.8 Å². The van der Waals surface area contributed by atoms with E-state index in [1.165, 1.54) is 6.20 Å². The van der Waals surface area contributed by atoms with Crippen molar-refractivity contribution in [1.82, 2.24) is 15.3 Å². The molecule has 0 aliphatic heterocycles. The van der Waals surface area contributed by atoms with E-state index in [1.807, 2.05) is 19.1 Å². The number of halogens is 1. The summed E-state index contributed by atoms with van der Waals surface area (Å²) in [5, 5.41) is 6.14. The van der Waals surface area contributed by atoms with Crippen LogP contribution in [0.3, 0.4) is 0 Å². The molecular weight excluding hydrogens is 276 g/mol. The lowest BCUT2D eigenvalue weighted by atomic mass is 10.1. The molecule has 0 spiro atoms. The minimum Gasteiger partial charge on any atom is -0.372 e. The smallest absolute Gasteiger partial charge is 0.253 e. The number of nitrogens with one attached hydrogen (secondary N) is 2. The van der Waals surface area contributed by atoms with Gasteiger partial charge in [0.1, 0.15) is 5.82 Å². The van der Waals surface area contributed by atoms with E-state index in [0.29, 0.717) is 16.4 Å². The van der Waals surface area contributed by atoms with Crippen LogP contribution in [0.5, 0.6) is 0 Å². The Morgan fingerprint density at radius 3 is 2.80 bits per heavy atom. The zero-order valence-electron chi connectivity index (χ0n) is 11.2. The molecule has 104 valence electrons. The lowest BCUT2D eigenvalue weighted by Gasteiger charge is -2.14. The molecule has 1 atom stereocenters. The van der Waals surface area contributed by atoms with E-state index in [4.69, 9.17) is 11.6 Å². The Labute approximate surface area is 122 Å². The third-order valence-electron chi connectivity index (χ3n) is 2.87. The molecule has 2 rings (SSSR count). The summed E-state index contributed by atoms with van der Waals surface area (Å²) in [6.07, 6.45) is 4.90. The van der Waals surface area contributed by atoms with Crippen LogP contribution < -0.4 is 10.6 Å². The van der Waals surface area contributed by atoms with Crippen molar-refractivity contribution in [2.75, 3.05) is 12.4 Å². The second kappa shape index (κ2) is 6.34. The van der Waals surface area contributed by atoms with Crippen LogP contribution in [0.4, 0.5) is 5.82 Å². The standard InChI is InChI=1S/C14H15ClN4O/c1-9(10-4-3-5-17-7-10)19-14(20)11-6-12(15)13(16-2)18-8-11/h3-9H,1-2H3,(H,16,18)(H,19,20). The van der Waals surface area contributed by atoms with Gasteiger partial charge in [-0.3, -0.25) is 9.78 Å². The SMILES string of the molecule is CNc1ncc(C(=O)NC(C)c2cccnc2)cc1Cl. The molecule has 0 bridgehead atoms. The Morgan fingerprint density at radius 2 is 2.20 bits per heavy atom. The summed E-state index contributed by atoms with van der Waals surface area (Å²) >= 11 is 6.01. The van der Waals surface area contributed by atoms with Gasteiger partial charge in [0.15, 0.2) is 0 Å². The van der Waals surface area contributed by atoms with E-state index in [-0.39, 0.29) is 11.9 Å². The normalized spacial score (nSPS) is 11.8. The number of rotatable bonds is 4. The predicted octanol–water partition coefficient (Wildman–Crippen LogP) is 2.66. The molecule has 0 aromatic carbocycles. The molecule has 2 heterocycles. The van der Waals surface area contributed by atoms with E-state index < -0.39 is 0 Å². The van der Waals surface area contributed by atoms with Gasteiger partial charge < -0.3 is 10.6 Å². The number of nitrogens with zero attached hydrogens (tertiary/aromatic N) is 2. The van der Waals surface area contributed by atoms with Gasteiger partial charge in [-0.15, -0.1) is 0 Å². The summed E-state index contributed by atoms with van der Waals surface area (Å²) < 4.78 is 0. The fourth-order valence-electron chi connectivity index (χ4n) is 1.74. The highest BCUT2D eigenvalue weighted by molar-refractivity contribution is 6.33. The van der Waals surface area contributed by atoms with Gasteiger partial charge in [0.05, 0.1) is 16.6 Å². The average Bonchev–Trinajstić information content (AvgIpc) is 2.48. The van der Waals surface area contributed by atoms with Crippen LogP contribution in [0.1, 0.15) is 28.9 Å². The highest BCUT2D eigenvalue weighted by Gasteiger charge is 2.13. The molecule has 1 unspecified atom stereocenters. The monoisotopic (exact) mass is 290 g/mol. The average molecular weight is 291 g/mol. The van der Waals surface area contributed by atoms with Gasteiger partial charge in [0.2, 0.25) is 0 Å². The van der Waals surface area contributed by atoms with E-state index in [1.54, 1.807) is 25.5 Å². The summed E-state index contributed by atoms with van der Waals surface area (Å²) in [6.45, 7) is 1.89. The minimum absolute atomic E-state index is 0.140. The van der Waals surface area contributed by atoms with Crippen molar-refractivity contribution in [1.29, 1.82) is 0 Å². The van der Waals surface area contributed by atoms with Crippen LogP contribution in [0.2, 0.25) is 5.02 Å². The molecule has 20 heavy (non-hydrogen) atoms. The lowest BCUT2D eigenvalue weighted by Crippen LogP contribution is -2.26. The Kier molecular flexibility index (Phi) is 4.53. The third kappa shape index (κ3) is 3.24.